The van der Waals surface area contributed by atoms with Crippen molar-refractivity contribution in [1.29, 1.82) is 0 Å². The summed E-state index contributed by atoms with van der Waals surface area (Å²) in [6.07, 6.45) is -2.25. The Labute approximate surface area is 272 Å². The first kappa shape index (κ1) is 34.5. The normalized spacial score (nSPS) is 52.7. The zero-order valence-electron chi connectivity index (χ0n) is 28.5. The highest BCUT2D eigenvalue weighted by Gasteiger charge is 2.71. The number of hydrogen-bond donors (Lipinski definition) is 6. The number of allylic oxidation sites excluding steroid dienone is 1. The van der Waals surface area contributed by atoms with Crippen molar-refractivity contribution in [2.24, 2.45) is 50.2 Å². The van der Waals surface area contributed by atoms with Gasteiger partial charge in [-0.15, -0.1) is 0 Å². The number of aliphatic hydroxyl groups is 6. The zero-order valence-corrected chi connectivity index (χ0v) is 28.5. The minimum atomic E-state index is -1.71. The fourth-order valence-corrected chi connectivity index (χ4v) is 11.9. The summed E-state index contributed by atoms with van der Waals surface area (Å²) in [4.78, 5) is 27.6. The van der Waals surface area contributed by atoms with E-state index in [9.17, 15) is 40.2 Å². The lowest BCUT2D eigenvalue weighted by atomic mass is 9.33. The quantitative estimate of drug-likeness (QED) is 0.197. The lowest BCUT2D eigenvalue weighted by Gasteiger charge is -2.71. The number of esters is 1. The maximum Gasteiger partial charge on any atom is 0.315 e. The fourth-order valence-electron chi connectivity index (χ4n) is 11.9. The summed E-state index contributed by atoms with van der Waals surface area (Å²) in [5, 5.41) is 64.2. The molecular formula is C36H56O10. The maximum atomic E-state index is 14.4. The molecule has 14 atom stereocenters. The molecule has 5 aliphatic carbocycles. The summed E-state index contributed by atoms with van der Waals surface area (Å²) in [5.74, 6) is -0.895. The summed E-state index contributed by atoms with van der Waals surface area (Å²) in [6, 6.07) is 0. The molecule has 6 aliphatic rings. The van der Waals surface area contributed by atoms with Crippen LogP contribution in [0, 0.1) is 50.2 Å². The molecule has 0 aromatic carbocycles. The summed E-state index contributed by atoms with van der Waals surface area (Å²) >= 11 is 0. The van der Waals surface area contributed by atoms with E-state index in [1.165, 1.54) is 0 Å². The van der Waals surface area contributed by atoms with Gasteiger partial charge in [-0.3, -0.25) is 9.59 Å². The predicted molar refractivity (Wildman–Crippen MR) is 167 cm³/mol. The number of carbonyl (C=O) groups excluding carboxylic acids is 2. The first-order chi connectivity index (χ1) is 21.2. The average Bonchev–Trinajstić information content (AvgIpc) is 2.98. The Morgan fingerprint density at radius 2 is 1.54 bits per heavy atom. The molecule has 5 fully saturated rings. The molecule has 0 unspecified atom stereocenters. The van der Waals surface area contributed by atoms with E-state index in [0.29, 0.717) is 38.5 Å². The van der Waals surface area contributed by atoms with Gasteiger partial charge in [0.05, 0.1) is 18.1 Å². The molecule has 10 heteroatoms. The van der Waals surface area contributed by atoms with Crippen LogP contribution in [-0.4, -0.2) is 91.9 Å². The molecule has 260 valence electrons. The van der Waals surface area contributed by atoms with E-state index in [1.807, 2.05) is 27.7 Å². The standard InChI is InChI=1S/C36H56O10/c1-31(2)12-14-36(30(44)46-29-26(41)25(40)24(39)20(17-37)45-29)15-13-34(6)18(23(36)28(31)43)8-9-22-33(5)16-19(38)27(42)32(3,4)21(33)10-11-35(22,34)7/h8,19-26,28-29,37-41,43H,9-17H2,1-7H3/t19-,20+,21+,22-,23+,24+,25-,26+,28+,29-,33+,34-,35-,36+/m1/s1. The van der Waals surface area contributed by atoms with Gasteiger partial charge >= 0.3 is 5.97 Å². The van der Waals surface area contributed by atoms with Gasteiger partial charge in [0.2, 0.25) is 6.29 Å². The van der Waals surface area contributed by atoms with E-state index < -0.39 is 77.7 Å². The lowest BCUT2D eigenvalue weighted by molar-refractivity contribution is -0.298. The molecular weight excluding hydrogens is 592 g/mol. The van der Waals surface area contributed by atoms with Gasteiger partial charge in [0.25, 0.3) is 0 Å². The third-order valence-corrected chi connectivity index (χ3v) is 15.0. The Morgan fingerprint density at radius 3 is 2.20 bits per heavy atom. The Kier molecular flexibility index (Phi) is 8.09. The molecule has 0 spiro atoms. The van der Waals surface area contributed by atoms with Crippen LogP contribution in [0.5, 0.6) is 0 Å². The Bertz CT molecular complexity index is 1290. The number of ether oxygens (including phenoxy) is 2. The first-order valence-electron chi connectivity index (χ1n) is 17.4. The summed E-state index contributed by atoms with van der Waals surface area (Å²) in [6.45, 7) is 14.3. The highest BCUT2D eigenvalue weighted by Crippen LogP contribution is 2.75. The minimum absolute atomic E-state index is 0.0650. The van der Waals surface area contributed by atoms with E-state index in [1.54, 1.807) is 0 Å². The monoisotopic (exact) mass is 648 g/mol. The molecule has 46 heavy (non-hydrogen) atoms. The highest BCUT2D eigenvalue weighted by atomic mass is 16.7. The van der Waals surface area contributed by atoms with Crippen molar-refractivity contribution in [1.82, 2.24) is 0 Å². The highest BCUT2D eigenvalue weighted by molar-refractivity contribution is 5.89. The van der Waals surface area contributed by atoms with Crippen LogP contribution in [0.2, 0.25) is 0 Å². The third kappa shape index (κ3) is 4.39. The molecule has 0 amide bonds. The number of ketones is 1. The summed E-state index contributed by atoms with van der Waals surface area (Å²) < 4.78 is 11.4. The van der Waals surface area contributed by atoms with Crippen molar-refractivity contribution in [3.05, 3.63) is 11.6 Å². The van der Waals surface area contributed by atoms with Gasteiger partial charge in [-0.1, -0.05) is 60.1 Å². The van der Waals surface area contributed by atoms with Crippen LogP contribution in [0.1, 0.15) is 99.8 Å². The Hall–Kier alpha value is -1.40. The van der Waals surface area contributed by atoms with Crippen LogP contribution in [0.15, 0.2) is 11.6 Å². The smallest absolute Gasteiger partial charge is 0.315 e. The van der Waals surface area contributed by atoms with Crippen molar-refractivity contribution in [2.75, 3.05) is 6.61 Å². The summed E-state index contributed by atoms with van der Waals surface area (Å²) in [5.41, 5.74) is -1.99. The second kappa shape index (κ2) is 10.8. The summed E-state index contributed by atoms with van der Waals surface area (Å²) in [7, 11) is 0. The molecule has 10 nitrogen and oxygen atoms in total. The predicted octanol–water partition coefficient (Wildman–Crippen LogP) is 2.64. The third-order valence-electron chi connectivity index (χ3n) is 15.0. The van der Waals surface area contributed by atoms with Crippen LogP contribution in [0.25, 0.3) is 0 Å². The van der Waals surface area contributed by atoms with Gasteiger partial charge in [0.1, 0.15) is 30.5 Å². The molecule has 0 aromatic heterocycles. The van der Waals surface area contributed by atoms with Gasteiger partial charge in [-0.05, 0) is 84.9 Å². The van der Waals surface area contributed by atoms with Gasteiger partial charge in [-0.2, -0.15) is 0 Å². The van der Waals surface area contributed by atoms with Crippen LogP contribution < -0.4 is 0 Å². The van der Waals surface area contributed by atoms with Crippen LogP contribution in [0.3, 0.4) is 0 Å². The SMILES string of the molecule is CC1(C)CC[C@]2(C(=O)O[C@H]3O[C@@H](CO)[C@H](O)[C@@H](O)[C@@H]3O)CC[C@]3(C)C(=CC[C@@H]4[C@@]5(C)C[C@@H](O)C(=O)C(C)(C)[C@@H]5CC[C@]43C)[C@H]2[C@@H]1O. The molecule has 1 aliphatic heterocycles. The molecule has 6 rings (SSSR count). The zero-order chi connectivity index (χ0) is 34.0. The number of Topliss-reactive ketones (excluding diaryl/α,β-unsaturated/α-hetero) is 1. The van der Waals surface area contributed by atoms with Crippen LogP contribution >= 0.6 is 0 Å². The second-order valence-electron chi connectivity index (χ2n) is 17.8. The van der Waals surface area contributed by atoms with Crippen molar-refractivity contribution in [2.45, 2.75) is 143 Å². The topological polar surface area (TPSA) is 174 Å². The number of fused-ring (bicyclic) bond motifs is 7. The van der Waals surface area contributed by atoms with Gasteiger partial charge in [0, 0.05) is 11.3 Å². The van der Waals surface area contributed by atoms with Crippen molar-refractivity contribution in [3.8, 4) is 0 Å². The van der Waals surface area contributed by atoms with Gasteiger partial charge < -0.3 is 40.1 Å². The maximum absolute atomic E-state index is 14.4. The van der Waals surface area contributed by atoms with E-state index >= 15 is 0 Å². The Morgan fingerprint density at radius 1 is 0.891 bits per heavy atom. The first-order valence-corrected chi connectivity index (χ1v) is 17.4. The van der Waals surface area contributed by atoms with Crippen molar-refractivity contribution >= 4 is 11.8 Å². The minimum Gasteiger partial charge on any atom is -0.432 e. The van der Waals surface area contributed by atoms with Crippen LogP contribution in [0.4, 0.5) is 0 Å². The number of carbonyl (C=O) groups is 2. The Balaban J connectivity index is 1.39. The molecule has 0 bridgehead atoms. The molecule has 4 saturated carbocycles. The number of aliphatic hydroxyl groups excluding tert-OH is 6. The van der Waals surface area contributed by atoms with E-state index in [0.717, 1.165) is 18.4 Å². The molecule has 6 N–H and O–H groups in total. The number of rotatable bonds is 3. The lowest BCUT2D eigenvalue weighted by Crippen LogP contribution is -2.68. The second-order valence-corrected chi connectivity index (χ2v) is 17.8. The van der Waals surface area contributed by atoms with E-state index in [2.05, 4.69) is 26.8 Å². The average molecular weight is 649 g/mol. The van der Waals surface area contributed by atoms with E-state index in [4.69, 9.17) is 9.47 Å². The molecule has 0 aromatic rings. The largest absolute Gasteiger partial charge is 0.432 e. The fraction of sp³-hybridized carbons (Fsp3) is 0.889. The van der Waals surface area contributed by atoms with Crippen LogP contribution in [-0.2, 0) is 19.1 Å². The van der Waals surface area contributed by atoms with Crippen molar-refractivity contribution < 1.29 is 49.7 Å². The molecule has 1 heterocycles. The van der Waals surface area contributed by atoms with Crippen molar-refractivity contribution in [3.63, 3.8) is 0 Å². The molecule has 0 radical (unpaired) electrons. The van der Waals surface area contributed by atoms with Gasteiger partial charge in [-0.25, -0.2) is 0 Å². The number of hydrogen-bond acceptors (Lipinski definition) is 10. The molecule has 1 saturated heterocycles. The van der Waals surface area contributed by atoms with Gasteiger partial charge in [0.15, 0.2) is 5.78 Å². The van der Waals surface area contributed by atoms with E-state index in [-0.39, 0.29) is 33.9 Å².